The average molecular weight is 669 g/mol. The molecule has 0 bridgehead atoms. The van der Waals surface area contributed by atoms with Crippen LogP contribution < -0.4 is 19.2 Å². The van der Waals surface area contributed by atoms with Gasteiger partial charge in [0.05, 0.1) is 36.6 Å². The molecule has 0 spiro atoms. The Labute approximate surface area is 287 Å². The van der Waals surface area contributed by atoms with Crippen molar-refractivity contribution in [2.75, 3.05) is 66.1 Å². The summed E-state index contributed by atoms with van der Waals surface area (Å²) in [6.07, 6.45) is 8.34. The number of para-hydroxylation sites is 1. The van der Waals surface area contributed by atoms with Gasteiger partial charge in [0.25, 0.3) is 5.91 Å². The molecule has 1 atom stereocenters. The molecule has 4 aromatic rings. The smallest absolute Gasteiger partial charge is 0.261 e. The molecule has 10 heteroatoms. The Bertz CT molecular complexity index is 1680. The fourth-order valence-corrected chi connectivity index (χ4v) is 7.83. The van der Waals surface area contributed by atoms with E-state index in [2.05, 4.69) is 57.3 Å². The molecule has 0 unspecified atom stereocenters. The van der Waals surface area contributed by atoms with Crippen LogP contribution in [0, 0.1) is 0 Å². The van der Waals surface area contributed by atoms with Gasteiger partial charge >= 0.3 is 0 Å². The number of rotatable bonds is 14. The van der Waals surface area contributed by atoms with Gasteiger partial charge in [-0.1, -0.05) is 12.1 Å². The van der Waals surface area contributed by atoms with E-state index in [1.54, 1.807) is 18.4 Å². The van der Waals surface area contributed by atoms with E-state index in [1.807, 2.05) is 29.3 Å². The zero-order valence-electron chi connectivity index (χ0n) is 27.9. The highest BCUT2D eigenvalue weighted by atomic mass is 32.1. The quantitative estimate of drug-likeness (QED) is 0.189. The van der Waals surface area contributed by atoms with Crippen LogP contribution in [0.4, 0.5) is 5.69 Å². The van der Waals surface area contributed by atoms with Crippen molar-refractivity contribution in [1.29, 1.82) is 0 Å². The molecule has 2 saturated heterocycles. The van der Waals surface area contributed by atoms with E-state index in [-0.39, 0.29) is 11.9 Å². The van der Waals surface area contributed by atoms with Crippen LogP contribution in [0.5, 0.6) is 17.2 Å². The van der Waals surface area contributed by atoms with Crippen LogP contribution in [-0.2, 0) is 0 Å². The number of nitrogens with one attached hydrogen (secondary N) is 1. The standard InChI is InChI=1S/C38H45N5O4S/c1-45-34-25-31-33(39-27-29-9-8-18-43(29)38(31)44)26-35(34)47-24-7-5-17-42-21-19-41(20-22-42)16-4-6-23-46-30-14-12-28(13-15-30)37-40-32-10-2-3-11-36(32)48-37/h2-3,10-15,25-27,29H,4-9,16-24H2,1H3/p+1/t29-/m0/s1. The summed E-state index contributed by atoms with van der Waals surface area (Å²) in [6, 6.07) is 20.5. The number of fused-ring (bicyclic) bond motifs is 3. The van der Waals surface area contributed by atoms with Crippen molar-refractivity contribution in [2.45, 2.75) is 44.6 Å². The third-order valence-electron chi connectivity index (χ3n) is 9.65. The molecule has 1 amide bonds. The molecule has 48 heavy (non-hydrogen) atoms. The molecular weight excluding hydrogens is 623 g/mol. The fraction of sp³-hybridized carbons (Fsp3) is 0.447. The Hall–Kier alpha value is -3.99. The summed E-state index contributed by atoms with van der Waals surface area (Å²) in [5.41, 5.74) is 3.63. The predicted octanol–water partition coefficient (Wildman–Crippen LogP) is 5.01. The summed E-state index contributed by atoms with van der Waals surface area (Å²) < 4.78 is 19.0. The number of carbonyl (C=O) groups is 1. The number of aromatic nitrogens is 1. The van der Waals surface area contributed by atoms with Gasteiger partial charge in [-0.3, -0.25) is 4.79 Å². The summed E-state index contributed by atoms with van der Waals surface area (Å²) in [5, 5.41) is 1.05. The minimum Gasteiger partial charge on any atom is -0.494 e. The second kappa shape index (κ2) is 15.5. The van der Waals surface area contributed by atoms with Crippen LogP contribution >= 0.6 is 11.3 Å². The largest absolute Gasteiger partial charge is 0.494 e. The molecule has 252 valence electrons. The summed E-state index contributed by atoms with van der Waals surface area (Å²) in [6.45, 7) is 8.86. The van der Waals surface area contributed by atoms with Crippen molar-refractivity contribution < 1.29 is 24.0 Å². The van der Waals surface area contributed by atoms with E-state index in [0.717, 1.165) is 118 Å². The Morgan fingerprint density at radius 3 is 2.31 bits per heavy atom. The minimum absolute atomic E-state index is 0.0620. The maximum atomic E-state index is 13.1. The lowest BCUT2D eigenvalue weighted by atomic mass is 10.1. The van der Waals surface area contributed by atoms with Crippen molar-refractivity contribution >= 4 is 39.4 Å². The number of thiazole rings is 1. The molecule has 4 heterocycles. The number of hydrogen-bond donors (Lipinski definition) is 1. The number of methoxy groups -OCH3 is 1. The summed E-state index contributed by atoms with van der Waals surface area (Å²) in [7, 11) is 1.63. The minimum atomic E-state index is 0.0620. The van der Waals surface area contributed by atoms with E-state index in [1.165, 1.54) is 4.70 Å². The van der Waals surface area contributed by atoms with E-state index >= 15 is 0 Å². The monoisotopic (exact) mass is 668 g/mol. The number of piperazine rings is 1. The topological polar surface area (TPSA) is 81.3 Å². The molecule has 2 fully saturated rings. The van der Waals surface area contributed by atoms with Gasteiger partial charge < -0.3 is 28.9 Å². The average Bonchev–Trinajstić information content (AvgIpc) is 3.76. The van der Waals surface area contributed by atoms with Crippen LogP contribution in [0.25, 0.3) is 20.8 Å². The molecule has 1 N–H and O–H groups in total. The lowest BCUT2D eigenvalue weighted by Gasteiger charge is -2.34. The first-order chi connectivity index (χ1) is 23.6. The van der Waals surface area contributed by atoms with Gasteiger partial charge in [0, 0.05) is 44.4 Å². The van der Waals surface area contributed by atoms with Gasteiger partial charge in [-0.15, -0.1) is 11.3 Å². The second-order valence-corrected chi connectivity index (χ2v) is 13.9. The van der Waals surface area contributed by atoms with Gasteiger partial charge in [0.2, 0.25) is 5.69 Å². The maximum absolute atomic E-state index is 13.1. The van der Waals surface area contributed by atoms with E-state index < -0.39 is 0 Å². The molecule has 0 saturated carbocycles. The summed E-state index contributed by atoms with van der Waals surface area (Å²) in [4.78, 5) is 28.3. The van der Waals surface area contributed by atoms with Gasteiger partial charge in [0.15, 0.2) is 17.7 Å². The van der Waals surface area contributed by atoms with Gasteiger partial charge in [0.1, 0.15) is 22.4 Å². The first-order valence-electron chi connectivity index (χ1n) is 17.4. The summed E-state index contributed by atoms with van der Waals surface area (Å²) >= 11 is 1.73. The highest BCUT2D eigenvalue weighted by molar-refractivity contribution is 7.21. The van der Waals surface area contributed by atoms with Crippen LogP contribution in [-0.4, -0.2) is 104 Å². The third kappa shape index (κ3) is 7.66. The lowest BCUT2D eigenvalue weighted by Crippen LogP contribution is -2.63. The van der Waals surface area contributed by atoms with E-state index in [4.69, 9.17) is 19.2 Å². The van der Waals surface area contributed by atoms with Gasteiger partial charge in [-0.05, 0) is 88.0 Å². The van der Waals surface area contributed by atoms with Gasteiger partial charge in [-0.25, -0.2) is 9.98 Å². The molecule has 0 radical (unpaired) electrons. The predicted molar refractivity (Wildman–Crippen MR) is 191 cm³/mol. The molecular formula is C38H46N5O4S+. The Morgan fingerprint density at radius 2 is 1.58 bits per heavy atom. The lowest BCUT2D eigenvalue weighted by molar-refractivity contribution is -0.349. The van der Waals surface area contributed by atoms with Crippen molar-refractivity contribution in [3.8, 4) is 27.8 Å². The van der Waals surface area contributed by atoms with E-state index in [9.17, 15) is 4.79 Å². The molecule has 0 aliphatic carbocycles. The molecule has 3 aliphatic rings. The number of amides is 1. The SMILES string of the molecule is COc1cc2c(cc1OCCCCN1CCN(CCCCOc3ccc(-c4nc5ccccc5s4)cc3)CC1)[NH+]=C[C@@H]1CCCN1C2=O. The number of carbonyl (C=O) groups excluding carboxylic acids is 1. The Morgan fingerprint density at radius 1 is 0.854 bits per heavy atom. The van der Waals surface area contributed by atoms with Crippen LogP contribution in [0.15, 0.2) is 60.7 Å². The fourth-order valence-electron chi connectivity index (χ4n) is 6.86. The zero-order chi connectivity index (χ0) is 32.7. The first-order valence-corrected chi connectivity index (χ1v) is 18.3. The normalized spacial score (nSPS) is 18.1. The van der Waals surface area contributed by atoms with Crippen LogP contribution in [0.1, 0.15) is 48.9 Å². The second-order valence-electron chi connectivity index (χ2n) is 12.9. The Balaban J connectivity index is 0.760. The van der Waals surface area contributed by atoms with Crippen LogP contribution in [0.2, 0.25) is 0 Å². The highest BCUT2D eigenvalue weighted by Crippen LogP contribution is 2.34. The number of hydrogen-bond acceptors (Lipinski definition) is 8. The Kier molecular flexibility index (Phi) is 10.5. The zero-order valence-corrected chi connectivity index (χ0v) is 28.7. The molecule has 7 rings (SSSR count). The van der Waals surface area contributed by atoms with Crippen molar-refractivity contribution in [3.05, 3.63) is 66.2 Å². The molecule has 1 aromatic heterocycles. The number of ether oxygens (including phenoxy) is 3. The third-order valence-corrected chi connectivity index (χ3v) is 10.7. The summed E-state index contributed by atoms with van der Waals surface area (Å²) in [5.74, 6) is 2.28. The molecule has 3 aliphatic heterocycles. The molecule has 9 nitrogen and oxygen atoms in total. The number of nitrogens with zero attached hydrogens (tertiary/aromatic N) is 4. The maximum Gasteiger partial charge on any atom is 0.261 e. The van der Waals surface area contributed by atoms with Crippen LogP contribution in [0.3, 0.4) is 0 Å². The van der Waals surface area contributed by atoms with Crippen molar-refractivity contribution in [2.24, 2.45) is 0 Å². The van der Waals surface area contributed by atoms with E-state index in [0.29, 0.717) is 23.7 Å². The number of benzene rings is 3. The molecule has 3 aromatic carbocycles. The van der Waals surface area contributed by atoms with Crippen molar-refractivity contribution in [1.82, 2.24) is 19.7 Å². The van der Waals surface area contributed by atoms with Crippen molar-refractivity contribution in [3.63, 3.8) is 0 Å². The highest BCUT2D eigenvalue weighted by Gasteiger charge is 2.35. The first kappa shape index (κ1) is 32.6. The van der Waals surface area contributed by atoms with Gasteiger partial charge in [-0.2, -0.15) is 0 Å². The number of unbranched alkanes of at least 4 members (excludes halogenated alkanes) is 2.